The first-order valence-electron chi connectivity index (χ1n) is 13.8. The molecule has 2 amide bonds. The molecule has 1 saturated heterocycles. The Morgan fingerprint density at radius 3 is 1.74 bits per heavy atom. The minimum atomic E-state index is -2.02. The van der Waals surface area contributed by atoms with E-state index in [1.807, 2.05) is 0 Å². The van der Waals surface area contributed by atoms with Crippen LogP contribution in [0.15, 0.2) is 60.7 Å². The van der Waals surface area contributed by atoms with Crippen molar-refractivity contribution >= 4 is 30.3 Å². The molecule has 0 unspecified atom stereocenters. The molecule has 0 bridgehead atoms. The summed E-state index contributed by atoms with van der Waals surface area (Å²) in [6, 6.07) is 13.2. The molecule has 1 aliphatic rings. The van der Waals surface area contributed by atoms with Gasteiger partial charge in [-0.1, -0.05) is 60.7 Å². The van der Waals surface area contributed by atoms with Crippen LogP contribution in [-0.4, -0.2) is 137 Å². The number of aliphatic hydroxyl groups excluding tert-OH is 8. The molecule has 46 heavy (non-hydrogen) atoms. The number of ether oxygens (including phenoxy) is 1. The van der Waals surface area contributed by atoms with E-state index in [2.05, 4.69) is 10.6 Å². The fraction of sp³-hybridized carbons (Fsp3) is 0.367. The molecular weight excluding hydrogens is 612 g/mol. The molecule has 3 rings (SSSR count). The van der Waals surface area contributed by atoms with Gasteiger partial charge in [0, 0.05) is 24.2 Å². The first-order valence-corrected chi connectivity index (χ1v) is 13.8. The fourth-order valence-electron chi connectivity index (χ4n) is 3.86. The number of aliphatic hydroxyl groups is 8. The van der Waals surface area contributed by atoms with Crippen molar-refractivity contribution in [1.82, 2.24) is 10.6 Å². The minimum absolute atomic E-state index is 0.0106. The number of benzene rings is 2. The maximum atomic E-state index is 11.9. The molecule has 1 heterocycles. The Labute approximate surface area is 262 Å². The van der Waals surface area contributed by atoms with E-state index >= 15 is 0 Å². The molecule has 2 aromatic carbocycles. The quantitative estimate of drug-likeness (QED) is 0.0993. The van der Waals surface area contributed by atoms with Gasteiger partial charge in [-0.2, -0.15) is 0 Å². The van der Waals surface area contributed by atoms with Crippen molar-refractivity contribution in [3.63, 3.8) is 0 Å². The van der Waals surface area contributed by atoms with Crippen LogP contribution in [-0.2, 0) is 19.1 Å². The van der Waals surface area contributed by atoms with Crippen LogP contribution in [0.5, 0.6) is 11.5 Å². The molecule has 0 spiro atoms. The second kappa shape index (κ2) is 18.7. The number of carbonyl (C=O) groups excluding carboxylic acids is 3. The number of rotatable bonds is 12. The topological polar surface area (TPSA) is 287 Å². The largest absolute Gasteiger partial charge is 0.507 e. The van der Waals surface area contributed by atoms with Crippen LogP contribution >= 0.6 is 0 Å². The average Bonchev–Trinajstić information content (AvgIpc) is 3.05. The van der Waals surface area contributed by atoms with Gasteiger partial charge in [-0.05, 0) is 12.1 Å². The number of para-hydroxylation sites is 2. The molecule has 9 atom stereocenters. The number of amides is 2. The SMILES string of the molecule is O=C(NCC=Cc1ccccc1O)[C@H]1O[C@@H](O)[C@H](O)[C@@H](O)[C@@H]1O.O=C[C@H](O)[C@@H](O)[C@H](O)[C@H](O)C(=O)NCC=Cc1ccccc1O. The van der Waals surface area contributed by atoms with Crippen LogP contribution in [0.25, 0.3) is 12.2 Å². The van der Waals surface area contributed by atoms with E-state index < -0.39 is 66.9 Å². The van der Waals surface area contributed by atoms with E-state index in [1.165, 1.54) is 18.2 Å². The highest BCUT2D eigenvalue weighted by Gasteiger charge is 2.46. The first-order chi connectivity index (χ1) is 21.8. The molecule has 16 nitrogen and oxygen atoms in total. The molecule has 1 fully saturated rings. The summed E-state index contributed by atoms with van der Waals surface area (Å²) in [7, 11) is 0. The predicted molar refractivity (Wildman–Crippen MR) is 159 cm³/mol. The summed E-state index contributed by atoms with van der Waals surface area (Å²) in [6.45, 7) is 0.0672. The van der Waals surface area contributed by atoms with Gasteiger partial charge in [-0.15, -0.1) is 0 Å². The maximum absolute atomic E-state index is 11.9. The third-order valence-electron chi connectivity index (χ3n) is 6.53. The number of hydrogen-bond acceptors (Lipinski definition) is 14. The van der Waals surface area contributed by atoms with Crippen molar-refractivity contribution in [2.75, 3.05) is 13.1 Å². The molecule has 12 N–H and O–H groups in total. The highest BCUT2D eigenvalue weighted by molar-refractivity contribution is 5.82. The third kappa shape index (κ3) is 11.0. The summed E-state index contributed by atoms with van der Waals surface area (Å²) in [5, 5.41) is 99.2. The van der Waals surface area contributed by atoms with E-state index in [1.54, 1.807) is 54.6 Å². The van der Waals surface area contributed by atoms with E-state index in [9.17, 15) is 60.3 Å². The lowest BCUT2D eigenvalue weighted by Crippen LogP contribution is -2.61. The van der Waals surface area contributed by atoms with Crippen LogP contribution < -0.4 is 10.6 Å². The summed E-state index contributed by atoms with van der Waals surface area (Å²) >= 11 is 0. The second-order valence-corrected chi connectivity index (χ2v) is 9.88. The van der Waals surface area contributed by atoms with Crippen molar-refractivity contribution in [3.8, 4) is 11.5 Å². The molecule has 252 valence electrons. The zero-order valence-corrected chi connectivity index (χ0v) is 24.2. The zero-order valence-electron chi connectivity index (χ0n) is 24.2. The molecule has 1 aliphatic heterocycles. The van der Waals surface area contributed by atoms with Gasteiger partial charge >= 0.3 is 0 Å². The van der Waals surface area contributed by atoms with E-state index in [-0.39, 0.29) is 30.9 Å². The third-order valence-corrected chi connectivity index (χ3v) is 6.53. The van der Waals surface area contributed by atoms with E-state index in [0.29, 0.717) is 11.1 Å². The van der Waals surface area contributed by atoms with Gasteiger partial charge in [-0.25, -0.2) is 0 Å². The lowest BCUT2D eigenvalue weighted by Gasteiger charge is -2.37. The van der Waals surface area contributed by atoms with Crippen molar-refractivity contribution in [1.29, 1.82) is 0 Å². The normalized spacial score (nSPS) is 23.9. The molecule has 0 aromatic heterocycles. The van der Waals surface area contributed by atoms with Gasteiger partial charge in [0.2, 0.25) is 0 Å². The highest BCUT2D eigenvalue weighted by atomic mass is 16.6. The van der Waals surface area contributed by atoms with Gasteiger partial charge in [0.1, 0.15) is 48.1 Å². The summed E-state index contributed by atoms with van der Waals surface area (Å²) in [5.41, 5.74) is 1.11. The average molecular weight is 651 g/mol. The Balaban J connectivity index is 0.000000320. The number of hydrogen-bond donors (Lipinski definition) is 12. The Hall–Kier alpha value is -4.23. The summed E-state index contributed by atoms with van der Waals surface area (Å²) in [6.07, 6.45) is -10.0. The second-order valence-electron chi connectivity index (χ2n) is 9.88. The molecule has 0 aliphatic carbocycles. The van der Waals surface area contributed by atoms with Gasteiger partial charge in [-0.3, -0.25) is 9.59 Å². The van der Waals surface area contributed by atoms with Crippen molar-refractivity contribution in [2.24, 2.45) is 0 Å². The fourth-order valence-corrected chi connectivity index (χ4v) is 3.86. The first kappa shape index (κ1) is 38.0. The van der Waals surface area contributed by atoms with E-state index in [4.69, 9.17) is 9.84 Å². The van der Waals surface area contributed by atoms with Gasteiger partial charge in [0.05, 0.1) is 0 Å². The summed E-state index contributed by atoms with van der Waals surface area (Å²) in [4.78, 5) is 33.8. The van der Waals surface area contributed by atoms with Crippen molar-refractivity contribution in [3.05, 3.63) is 71.8 Å². The zero-order chi connectivity index (χ0) is 34.4. The Morgan fingerprint density at radius 2 is 1.24 bits per heavy atom. The van der Waals surface area contributed by atoms with Gasteiger partial charge in [0.15, 0.2) is 24.8 Å². The Kier molecular flexibility index (Phi) is 15.4. The molecular formula is C30H38N2O14. The van der Waals surface area contributed by atoms with Crippen LogP contribution in [0.3, 0.4) is 0 Å². The number of aromatic hydroxyl groups is 2. The van der Waals surface area contributed by atoms with Crippen LogP contribution in [0.2, 0.25) is 0 Å². The Bertz CT molecular complexity index is 1340. The summed E-state index contributed by atoms with van der Waals surface area (Å²) < 4.78 is 4.80. The van der Waals surface area contributed by atoms with E-state index in [0.717, 1.165) is 0 Å². The number of nitrogens with one attached hydrogen (secondary N) is 2. The van der Waals surface area contributed by atoms with Gasteiger partial charge < -0.3 is 71.2 Å². The number of carbonyl (C=O) groups is 3. The highest BCUT2D eigenvalue weighted by Crippen LogP contribution is 2.20. The molecule has 2 aromatic rings. The number of phenolic OH excluding ortho intramolecular Hbond substituents is 2. The minimum Gasteiger partial charge on any atom is -0.507 e. The number of aldehydes is 1. The van der Waals surface area contributed by atoms with Crippen LogP contribution in [0.4, 0.5) is 0 Å². The Morgan fingerprint density at radius 1 is 0.739 bits per heavy atom. The lowest BCUT2D eigenvalue weighted by molar-refractivity contribution is -0.275. The molecule has 0 radical (unpaired) electrons. The molecule has 16 heteroatoms. The van der Waals surface area contributed by atoms with Crippen LogP contribution in [0.1, 0.15) is 11.1 Å². The standard InChI is InChI=1S/2C15H19NO7/c17-9-6-2-1-4-8(9)5-3-7-16-14(21)13-11(19)10(18)12(20)15(22)23-13;17-8-11(19)12(20)13(21)14(22)15(23)16-7-3-5-9-4-1-2-6-10(9)18/h1-6,10-13,15,17-20,22H,7H2,(H,16,21);1-6,8,11-14,18-22H,7H2,(H,16,23)/t10-,11-,12+,13-,15+;11-,12+,13-,14-/m00/s1. The van der Waals surface area contributed by atoms with Crippen molar-refractivity contribution in [2.45, 2.75) is 55.1 Å². The number of phenols is 2. The van der Waals surface area contributed by atoms with Gasteiger partial charge in [0.25, 0.3) is 11.8 Å². The smallest absolute Gasteiger partial charge is 0.252 e. The lowest BCUT2D eigenvalue weighted by atomic mass is 9.98. The summed E-state index contributed by atoms with van der Waals surface area (Å²) in [5.74, 6) is -1.57. The predicted octanol–water partition coefficient (Wildman–Crippen LogP) is -3.51. The van der Waals surface area contributed by atoms with Crippen LogP contribution in [0, 0.1) is 0 Å². The van der Waals surface area contributed by atoms with Crippen molar-refractivity contribution < 1.29 is 70.2 Å². The maximum Gasteiger partial charge on any atom is 0.252 e. The molecule has 0 saturated carbocycles. The monoisotopic (exact) mass is 650 g/mol.